The summed E-state index contributed by atoms with van der Waals surface area (Å²) in [6.07, 6.45) is 2.69. The molecule has 1 N–H and O–H groups in total. The molecule has 0 bridgehead atoms. The number of rotatable bonds is 4. The van der Waals surface area contributed by atoms with E-state index in [0.29, 0.717) is 12.2 Å². The second kappa shape index (κ2) is 6.02. The lowest BCUT2D eigenvalue weighted by Crippen LogP contribution is -2.25. The number of hydrogen-bond acceptors (Lipinski definition) is 2. The lowest BCUT2D eigenvalue weighted by Gasteiger charge is -2.07. The molecule has 0 saturated heterocycles. The lowest BCUT2D eigenvalue weighted by molar-refractivity contribution is 0.0944. The second-order valence-corrected chi connectivity index (χ2v) is 5.36. The smallest absolute Gasteiger partial charge is 0.270 e. The topological polar surface area (TPSA) is 46.4 Å². The minimum absolute atomic E-state index is 0.0844. The predicted octanol–water partition coefficient (Wildman–Crippen LogP) is 3.14. The molecule has 112 valence electrons. The minimum Gasteiger partial charge on any atom is -0.347 e. The Morgan fingerprint density at radius 2 is 1.95 bits per heavy atom. The molecule has 0 fully saturated rings. The highest BCUT2D eigenvalue weighted by atomic mass is 16.1. The molecule has 0 radical (unpaired) electrons. The number of carbonyl (C=O) groups is 1. The van der Waals surface area contributed by atoms with E-state index in [-0.39, 0.29) is 5.91 Å². The first kappa shape index (κ1) is 14.3. The molecule has 1 aromatic carbocycles. The Hall–Kier alpha value is -2.62. The van der Waals surface area contributed by atoms with Crippen LogP contribution in [0.15, 0.2) is 48.7 Å². The van der Waals surface area contributed by atoms with Gasteiger partial charge < -0.3 is 5.32 Å². The molecule has 2 heterocycles. The SMILES string of the molecule is CCc1nc2ccc(C)cn2c1C(=O)NCc1ccccc1. The highest BCUT2D eigenvalue weighted by molar-refractivity contribution is 5.94. The van der Waals surface area contributed by atoms with Crippen LogP contribution >= 0.6 is 0 Å². The van der Waals surface area contributed by atoms with Gasteiger partial charge >= 0.3 is 0 Å². The predicted molar refractivity (Wildman–Crippen MR) is 86.9 cm³/mol. The molecule has 0 aliphatic rings. The fourth-order valence-corrected chi connectivity index (χ4v) is 2.55. The molecule has 4 nitrogen and oxygen atoms in total. The molecule has 2 aromatic heterocycles. The molecule has 0 saturated carbocycles. The number of benzene rings is 1. The normalized spacial score (nSPS) is 10.8. The van der Waals surface area contributed by atoms with Gasteiger partial charge in [0.05, 0.1) is 5.69 Å². The van der Waals surface area contributed by atoms with Crippen LogP contribution in [0.5, 0.6) is 0 Å². The maximum Gasteiger partial charge on any atom is 0.270 e. The van der Waals surface area contributed by atoms with Gasteiger partial charge in [-0.05, 0) is 30.5 Å². The van der Waals surface area contributed by atoms with Crippen LogP contribution in [-0.4, -0.2) is 15.3 Å². The molecule has 3 aromatic rings. The van der Waals surface area contributed by atoms with Crippen molar-refractivity contribution in [3.63, 3.8) is 0 Å². The third-order valence-electron chi connectivity index (χ3n) is 3.68. The van der Waals surface area contributed by atoms with Crippen molar-refractivity contribution in [1.82, 2.24) is 14.7 Å². The maximum absolute atomic E-state index is 12.6. The number of nitrogens with zero attached hydrogens (tertiary/aromatic N) is 2. The van der Waals surface area contributed by atoms with Crippen molar-refractivity contribution in [2.24, 2.45) is 0 Å². The van der Waals surface area contributed by atoms with Crippen LogP contribution in [0, 0.1) is 6.92 Å². The largest absolute Gasteiger partial charge is 0.347 e. The molecule has 22 heavy (non-hydrogen) atoms. The number of fused-ring (bicyclic) bond motifs is 1. The summed E-state index contributed by atoms with van der Waals surface area (Å²) in [6, 6.07) is 13.9. The third kappa shape index (κ3) is 2.72. The van der Waals surface area contributed by atoms with Gasteiger partial charge in [0.15, 0.2) is 0 Å². The summed E-state index contributed by atoms with van der Waals surface area (Å²) in [5, 5.41) is 2.99. The molecule has 3 rings (SSSR count). The van der Waals surface area contributed by atoms with Gasteiger partial charge in [-0.2, -0.15) is 0 Å². The minimum atomic E-state index is -0.0844. The summed E-state index contributed by atoms with van der Waals surface area (Å²) in [4.78, 5) is 17.2. The highest BCUT2D eigenvalue weighted by Gasteiger charge is 2.17. The van der Waals surface area contributed by atoms with Gasteiger partial charge in [-0.3, -0.25) is 9.20 Å². The number of pyridine rings is 1. The summed E-state index contributed by atoms with van der Waals surface area (Å²) >= 11 is 0. The van der Waals surface area contributed by atoms with Crippen molar-refractivity contribution in [3.8, 4) is 0 Å². The van der Waals surface area contributed by atoms with Crippen LogP contribution in [0.4, 0.5) is 0 Å². The average molecular weight is 293 g/mol. The number of nitrogens with one attached hydrogen (secondary N) is 1. The Labute approximate surface area is 129 Å². The number of imidazole rings is 1. The van der Waals surface area contributed by atoms with Gasteiger partial charge in [0, 0.05) is 12.7 Å². The zero-order chi connectivity index (χ0) is 15.5. The zero-order valence-electron chi connectivity index (χ0n) is 12.8. The van der Waals surface area contributed by atoms with E-state index in [1.165, 1.54) is 0 Å². The van der Waals surface area contributed by atoms with Gasteiger partial charge in [0.1, 0.15) is 11.3 Å². The van der Waals surface area contributed by atoms with Gasteiger partial charge in [-0.25, -0.2) is 4.98 Å². The Kier molecular flexibility index (Phi) is 3.92. The molecule has 0 unspecified atom stereocenters. The van der Waals surface area contributed by atoms with E-state index < -0.39 is 0 Å². The first-order valence-corrected chi connectivity index (χ1v) is 7.48. The molecular formula is C18H19N3O. The average Bonchev–Trinajstić information content (AvgIpc) is 2.91. The number of amides is 1. The summed E-state index contributed by atoms with van der Waals surface area (Å²) < 4.78 is 1.88. The Balaban J connectivity index is 1.91. The van der Waals surface area contributed by atoms with Crippen LogP contribution in [-0.2, 0) is 13.0 Å². The van der Waals surface area contributed by atoms with E-state index in [4.69, 9.17) is 0 Å². The number of carbonyl (C=O) groups excluding carboxylic acids is 1. The van der Waals surface area contributed by atoms with E-state index in [1.54, 1.807) is 0 Å². The zero-order valence-corrected chi connectivity index (χ0v) is 12.8. The van der Waals surface area contributed by atoms with Crippen LogP contribution in [0.2, 0.25) is 0 Å². The maximum atomic E-state index is 12.6. The number of aromatic nitrogens is 2. The van der Waals surface area contributed by atoms with Gasteiger partial charge in [-0.1, -0.05) is 43.3 Å². The molecule has 0 aliphatic heterocycles. The summed E-state index contributed by atoms with van der Waals surface area (Å²) in [5.74, 6) is -0.0844. The second-order valence-electron chi connectivity index (χ2n) is 5.36. The van der Waals surface area contributed by atoms with Crippen molar-refractivity contribution in [2.75, 3.05) is 0 Å². The van der Waals surface area contributed by atoms with Crippen LogP contribution in [0.25, 0.3) is 5.65 Å². The monoisotopic (exact) mass is 293 g/mol. The van der Waals surface area contributed by atoms with Gasteiger partial charge in [0.2, 0.25) is 0 Å². The van der Waals surface area contributed by atoms with E-state index in [9.17, 15) is 4.79 Å². The molecule has 4 heteroatoms. The standard InChI is InChI=1S/C18H19N3O/c1-3-15-17(21-12-13(2)9-10-16(21)20-15)18(22)19-11-14-7-5-4-6-8-14/h4-10,12H,3,11H2,1-2H3,(H,19,22). The highest BCUT2D eigenvalue weighted by Crippen LogP contribution is 2.15. The number of aryl methyl sites for hydroxylation is 2. The van der Waals surface area contributed by atoms with Crippen LogP contribution < -0.4 is 5.32 Å². The van der Waals surface area contributed by atoms with Crippen molar-refractivity contribution >= 4 is 11.6 Å². The molecular weight excluding hydrogens is 274 g/mol. The number of hydrogen-bond donors (Lipinski definition) is 1. The quantitative estimate of drug-likeness (QED) is 0.803. The van der Waals surface area contributed by atoms with E-state index >= 15 is 0 Å². The Bertz CT molecular complexity index is 806. The van der Waals surface area contributed by atoms with E-state index in [0.717, 1.165) is 28.9 Å². The fraction of sp³-hybridized carbons (Fsp3) is 0.222. The summed E-state index contributed by atoms with van der Waals surface area (Å²) in [7, 11) is 0. The van der Waals surface area contributed by atoms with Crippen molar-refractivity contribution in [2.45, 2.75) is 26.8 Å². The first-order valence-electron chi connectivity index (χ1n) is 7.48. The van der Waals surface area contributed by atoms with E-state index in [2.05, 4.69) is 10.3 Å². The van der Waals surface area contributed by atoms with Crippen molar-refractivity contribution < 1.29 is 4.79 Å². The van der Waals surface area contributed by atoms with Crippen molar-refractivity contribution in [1.29, 1.82) is 0 Å². The summed E-state index contributed by atoms with van der Waals surface area (Å²) in [6.45, 7) is 4.54. The third-order valence-corrected chi connectivity index (χ3v) is 3.68. The molecule has 0 aliphatic carbocycles. The van der Waals surface area contributed by atoms with Crippen molar-refractivity contribution in [3.05, 3.63) is 71.2 Å². The van der Waals surface area contributed by atoms with E-state index in [1.807, 2.05) is 66.9 Å². The van der Waals surface area contributed by atoms with Gasteiger partial charge in [-0.15, -0.1) is 0 Å². The van der Waals surface area contributed by atoms with Crippen LogP contribution in [0.1, 0.15) is 34.2 Å². The van der Waals surface area contributed by atoms with Gasteiger partial charge in [0.25, 0.3) is 5.91 Å². The summed E-state index contributed by atoms with van der Waals surface area (Å²) in [5.41, 5.74) is 4.46. The lowest BCUT2D eigenvalue weighted by atomic mass is 10.2. The molecule has 1 amide bonds. The molecule has 0 atom stereocenters. The first-order chi connectivity index (χ1) is 10.7. The molecule has 0 spiro atoms. The van der Waals surface area contributed by atoms with Crippen LogP contribution in [0.3, 0.4) is 0 Å². The Morgan fingerprint density at radius 3 is 2.68 bits per heavy atom. The fourth-order valence-electron chi connectivity index (χ4n) is 2.55. The Morgan fingerprint density at radius 1 is 1.18 bits per heavy atom.